The van der Waals surface area contributed by atoms with Crippen molar-refractivity contribution in [1.82, 2.24) is 0 Å². The molecule has 0 radical (unpaired) electrons. The van der Waals surface area contributed by atoms with E-state index in [1.807, 2.05) is 27.7 Å². The minimum Gasteiger partial charge on any atom is -0.442 e. The number of hydrogen-bond donors (Lipinski definition) is 1. The van der Waals surface area contributed by atoms with Gasteiger partial charge in [0.15, 0.2) is 0 Å². The Hall–Kier alpha value is -1.01. The second-order valence-corrected chi connectivity index (χ2v) is 8.74. The Morgan fingerprint density at radius 2 is 1.74 bits per heavy atom. The van der Waals surface area contributed by atoms with Crippen LogP contribution >= 0.6 is 0 Å². The molecule has 1 aliphatic heterocycles. The lowest BCUT2D eigenvalue weighted by atomic mass is 9.63. The van der Waals surface area contributed by atoms with Gasteiger partial charge in [-0.15, -0.1) is 0 Å². The van der Waals surface area contributed by atoms with Crippen molar-refractivity contribution in [2.45, 2.75) is 84.5 Å². The molecule has 0 aromatic rings. The molecule has 0 aromatic heterocycles. The van der Waals surface area contributed by atoms with Crippen molar-refractivity contribution in [3.8, 4) is 0 Å². The van der Waals surface area contributed by atoms with Gasteiger partial charge in [-0.3, -0.25) is 0 Å². The smallest absolute Gasteiger partial charge is 0.442 e. The number of amides is 1. The fourth-order valence-electron chi connectivity index (χ4n) is 3.17. The van der Waals surface area contributed by atoms with Crippen LogP contribution in [0.1, 0.15) is 67.7 Å². The van der Waals surface area contributed by atoms with E-state index in [4.69, 9.17) is 19.8 Å². The highest BCUT2D eigenvalue weighted by Gasteiger charge is 2.54. The maximum Gasteiger partial charge on any atom is 0.490 e. The number of rotatable bonds is 2. The lowest BCUT2D eigenvalue weighted by Crippen LogP contribution is -2.49. The van der Waals surface area contributed by atoms with Crippen LogP contribution in [0.3, 0.4) is 0 Å². The van der Waals surface area contributed by atoms with E-state index in [1.165, 1.54) is 0 Å². The molecule has 1 aliphatic carbocycles. The third-order valence-corrected chi connectivity index (χ3v) is 5.73. The average Bonchev–Trinajstić information content (AvgIpc) is 2.57. The zero-order valence-electron chi connectivity index (χ0n) is 15.5. The third-order valence-electron chi connectivity index (χ3n) is 5.73. The minimum absolute atomic E-state index is 0.194. The monoisotopic (exact) mass is 323 g/mol. The zero-order valence-corrected chi connectivity index (χ0v) is 15.5. The summed E-state index contributed by atoms with van der Waals surface area (Å²) in [7, 11) is -0.327. The minimum atomic E-state index is -0.715. The highest BCUT2D eigenvalue weighted by molar-refractivity contribution is 6.54. The van der Waals surface area contributed by atoms with Gasteiger partial charge in [0.1, 0.15) is 5.60 Å². The van der Waals surface area contributed by atoms with Crippen molar-refractivity contribution in [2.75, 3.05) is 0 Å². The van der Waals surface area contributed by atoms with Gasteiger partial charge in [-0.05, 0) is 46.0 Å². The Morgan fingerprint density at radius 1 is 1.22 bits per heavy atom. The molecular formula is C17H30BNO4. The normalized spacial score (nSPS) is 30.0. The highest BCUT2D eigenvalue weighted by atomic mass is 16.7. The molecule has 0 spiro atoms. The van der Waals surface area contributed by atoms with E-state index < -0.39 is 11.7 Å². The number of carbonyl (C=O) groups is 1. The molecule has 2 rings (SSSR count). The van der Waals surface area contributed by atoms with Crippen LogP contribution in [0.4, 0.5) is 4.79 Å². The molecule has 1 fully saturated rings. The van der Waals surface area contributed by atoms with E-state index in [0.717, 1.165) is 18.3 Å². The summed E-state index contributed by atoms with van der Waals surface area (Å²) >= 11 is 0. The van der Waals surface area contributed by atoms with E-state index in [2.05, 4.69) is 26.8 Å². The van der Waals surface area contributed by atoms with E-state index in [0.29, 0.717) is 6.42 Å². The number of nitrogens with two attached hydrogens (primary N) is 1. The fourth-order valence-corrected chi connectivity index (χ4v) is 3.17. The Kier molecular flexibility index (Phi) is 4.40. The number of hydrogen-bond acceptors (Lipinski definition) is 4. The first-order valence-electron chi connectivity index (χ1n) is 8.33. The third kappa shape index (κ3) is 3.29. The molecule has 1 amide bonds. The summed E-state index contributed by atoms with van der Waals surface area (Å²) in [5, 5.41) is 0. The summed E-state index contributed by atoms with van der Waals surface area (Å²) in [4.78, 5) is 11.4. The van der Waals surface area contributed by atoms with Crippen LogP contribution in [-0.4, -0.2) is 30.0 Å². The largest absolute Gasteiger partial charge is 0.490 e. The van der Waals surface area contributed by atoms with Gasteiger partial charge in [-0.2, -0.15) is 0 Å². The Morgan fingerprint density at radius 3 is 2.09 bits per heavy atom. The molecule has 130 valence electrons. The molecule has 1 atom stereocenters. The lowest BCUT2D eigenvalue weighted by molar-refractivity contribution is -0.0713. The number of allylic oxidation sites excluding steroid dienone is 1. The molecule has 1 heterocycles. The fraction of sp³-hybridized carbons (Fsp3) is 0.824. The van der Waals surface area contributed by atoms with Crippen LogP contribution in [0, 0.1) is 5.41 Å². The number of primary amides is 1. The first-order chi connectivity index (χ1) is 10.3. The van der Waals surface area contributed by atoms with Crippen LogP contribution in [0.2, 0.25) is 0 Å². The lowest BCUT2D eigenvalue weighted by Gasteiger charge is -2.45. The van der Waals surface area contributed by atoms with Gasteiger partial charge in [0.25, 0.3) is 0 Å². The summed E-state index contributed by atoms with van der Waals surface area (Å²) in [6, 6.07) is 0. The summed E-state index contributed by atoms with van der Waals surface area (Å²) in [6.07, 6.45) is 3.49. The molecule has 0 aromatic carbocycles. The van der Waals surface area contributed by atoms with Crippen molar-refractivity contribution in [2.24, 2.45) is 11.1 Å². The molecule has 1 saturated heterocycles. The summed E-state index contributed by atoms with van der Waals surface area (Å²) < 4.78 is 17.8. The van der Waals surface area contributed by atoms with Crippen LogP contribution in [0.25, 0.3) is 0 Å². The van der Waals surface area contributed by atoms with E-state index in [9.17, 15) is 4.79 Å². The number of carbonyl (C=O) groups excluding carboxylic acids is 1. The first kappa shape index (κ1) is 18.3. The van der Waals surface area contributed by atoms with Gasteiger partial charge in [-0.25, -0.2) is 4.79 Å². The highest BCUT2D eigenvalue weighted by Crippen LogP contribution is 2.46. The van der Waals surface area contributed by atoms with E-state index in [1.54, 1.807) is 0 Å². The van der Waals surface area contributed by atoms with Crippen LogP contribution < -0.4 is 5.73 Å². The molecule has 6 heteroatoms. The first-order valence-corrected chi connectivity index (χ1v) is 8.33. The van der Waals surface area contributed by atoms with Gasteiger partial charge in [0.2, 0.25) is 0 Å². The quantitative estimate of drug-likeness (QED) is 0.788. The predicted octanol–water partition coefficient (Wildman–Crippen LogP) is 3.61. The molecule has 5 nitrogen and oxygen atoms in total. The zero-order chi connectivity index (χ0) is 17.7. The topological polar surface area (TPSA) is 70.8 Å². The SMILES string of the molecule is CC(C)(C)C1(OC(N)=O)CC=C(B2OC(C)(C)C(C)(C)O2)CC1. The predicted molar refractivity (Wildman–Crippen MR) is 90.9 cm³/mol. The van der Waals surface area contributed by atoms with Crippen LogP contribution in [-0.2, 0) is 14.0 Å². The molecule has 2 aliphatic rings. The molecule has 0 saturated carbocycles. The molecular weight excluding hydrogens is 293 g/mol. The van der Waals surface area contributed by atoms with Crippen molar-refractivity contribution >= 4 is 13.2 Å². The number of ether oxygens (including phenoxy) is 1. The maximum atomic E-state index is 11.4. The second kappa shape index (κ2) is 5.52. The van der Waals surface area contributed by atoms with Crippen LogP contribution in [0.5, 0.6) is 0 Å². The molecule has 23 heavy (non-hydrogen) atoms. The maximum absolute atomic E-state index is 11.4. The van der Waals surface area contributed by atoms with Gasteiger partial charge in [-0.1, -0.05) is 26.8 Å². The van der Waals surface area contributed by atoms with E-state index >= 15 is 0 Å². The van der Waals surface area contributed by atoms with Gasteiger partial charge in [0.05, 0.1) is 11.2 Å². The molecule has 0 bridgehead atoms. The summed E-state index contributed by atoms with van der Waals surface area (Å²) in [5.41, 5.74) is 4.96. The van der Waals surface area contributed by atoms with Crippen molar-refractivity contribution < 1.29 is 18.8 Å². The summed E-state index contributed by atoms with van der Waals surface area (Å²) in [5.74, 6) is 0. The second-order valence-electron chi connectivity index (χ2n) is 8.74. The summed E-state index contributed by atoms with van der Waals surface area (Å²) in [6.45, 7) is 14.4. The van der Waals surface area contributed by atoms with Crippen molar-refractivity contribution in [1.29, 1.82) is 0 Å². The van der Waals surface area contributed by atoms with Gasteiger partial charge < -0.3 is 19.8 Å². The molecule has 2 N–H and O–H groups in total. The van der Waals surface area contributed by atoms with Crippen molar-refractivity contribution in [3.05, 3.63) is 11.5 Å². The van der Waals surface area contributed by atoms with Crippen LogP contribution in [0.15, 0.2) is 11.5 Å². The Labute approximate surface area is 140 Å². The molecule has 1 unspecified atom stereocenters. The van der Waals surface area contributed by atoms with E-state index in [-0.39, 0.29) is 23.7 Å². The van der Waals surface area contributed by atoms with Crippen molar-refractivity contribution in [3.63, 3.8) is 0 Å². The van der Waals surface area contributed by atoms with Gasteiger partial charge >= 0.3 is 13.2 Å². The average molecular weight is 323 g/mol. The van der Waals surface area contributed by atoms with Gasteiger partial charge in [0, 0.05) is 11.8 Å². The Balaban J connectivity index is 2.19. The standard InChI is InChI=1S/C17H30BNO4/c1-14(2,3)17(21-13(19)20)10-8-12(9-11-17)18-22-15(4,5)16(6,7)23-18/h8H,9-11H2,1-7H3,(H2,19,20). The Bertz CT molecular complexity index is 505.